The molecule has 1 saturated carbocycles. The summed E-state index contributed by atoms with van der Waals surface area (Å²) in [7, 11) is 0. The second-order valence-electron chi connectivity index (χ2n) is 4.08. The summed E-state index contributed by atoms with van der Waals surface area (Å²) in [5.74, 6) is 2.73. The van der Waals surface area contributed by atoms with Gasteiger partial charge in [-0.1, -0.05) is 0 Å². The second kappa shape index (κ2) is 3.30. The highest BCUT2D eigenvalue weighted by atomic mass is 16.3. The first-order valence-electron chi connectivity index (χ1n) is 5.30. The van der Waals surface area contributed by atoms with Crippen LogP contribution in [0.2, 0.25) is 0 Å². The van der Waals surface area contributed by atoms with Crippen molar-refractivity contribution in [2.75, 3.05) is 5.73 Å². The van der Waals surface area contributed by atoms with E-state index in [4.69, 9.17) is 10.2 Å². The average molecular weight is 216 g/mol. The molecule has 1 aliphatic carbocycles. The molecule has 0 spiro atoms. The van der Waals surface area contributed by atoms with E-state index in [-0.39, 0.29) is 5.95 Å². The van der Waals surface area contributed by atoms with E-state index in [1.807, 2.05) is 13.0 Å². The van der Waals surface area contributed by atoms with Crippen molar-refractivity contribution in [2.45, 2.75) is 25.7 Å². The van der Waals surface area contributed by atoms with Crippen molar-refractivity contribution >= 4 is 5.95 Å². The minimum Gasteiger partial charge on any atom is -0.461 e. The third kappa shape index (κ3) is 1.54. The van der Waals surface area contributed by atoms with Crippen LogP contribution in [-0.4, -0.2) is 15.0 Å². The van der Waals surface area contributed by atoms with Crippen molar-refractivity contribution in [2.24, 2.45) is 0 Å². The van der Waals surface area contributed by atoms with E-state index in [0.29, 0.717) is 17.5 Å². The van der Waals surface area contributed by atoms with Crippen molar-refractivity contribution in [3.63, 3.8) is 0 Å². The smallest absolute Gasteiger partial charge is 0.223 e. The Labute approximate surface area is 92.7 Å². The van der Waals surface area contributed by atoms with Gasteiger partial charge in [-0.2, -0.15) is 9.97 Å². The fourth-order valence-corrected chi connectivity index (χ4v) is 1.64. The minimum absolute atomic E-state index is 0.266. The average Bonchev–Trinajstić information content (AvgIpc) is 3.01. The van der Waals surface area contributed by atoms with Crippen molar-refractivity contribution in [1.82, 2.24) is 15.0 Å². The highest BCUT2D eigenvalue weighted by Crippen LogP contribution is 2.38. The summed E-state index contributed by atoms with van der Waals surface area (Å²) >= 11 is 0. The van der Waals surface area contributed by atoms with Gasteiger partial charge in [0.2, 0.25) is 11.8 Å². The van der Waals surface area contributed by atoms with Gasteiger partial charge in [0.25, 0.3) is 0 Å². The van der Waals surface area contributed by atoms with E-state index >= 15 is 0 Å². The molecular weight excluding hydrogens is 204 g/mol. The normalized spacial score (nSPS) is 15.3. The summed E-state index contributed by atoms with van der Waals surface area (Å²) in [6, 6.07) is 1.88. The van der Waals surface area contributed by atoms with Gasteiger partial charge in [-0.3, -0.25) is 0 Å². The van der Waals surface area contributed by atoms with E-state index in [1.54, 1.807) is 6.26 Å². The van der Waals surface area contributed by atoms with Crippen LogP contribution in [-0.2, 0) is 0 Å². The Hall–Kier alpha value is -1.91. The van der Waals surface area contributed by atoms with Gasteiger partial charge in [-0.15, -0.1) is 0 Å². The standard InChI is InChI=1S/C11H12N4O/c1-6-4-5-16-8(6)10-13-9(7-2-3-7)14-11(12)15-10/h4-5,7H,2-3H2,1H3,(H2,12,13,14,15). The number of anilines is 1. The van der Waals surface area contributed by atoms with Crippen molar-refractivity contribution in [1.29, 1.82) is 0 Å². The lowest BCUT2D eigenvalue weighted by Gasteiger charge is -2.02. The van der Waals surface area contributed by atoms with Gasteiger partial charge in [-0.25, -0.2) is 4.98 Å². The third-order valence-electron chi connectivity index (χ3n) is 2.68. The van der Waals surface area contributed by atoms with Crippen LogP contribution < -0.4 is 5.73 Å². The molecule has 0 unspecified atom stereocenters. The zero-order valence-electron chi connectivity index (χ0n) is 8.97. The van der Waals surface area contributed by atoms with E-state index < -0.39 is 0 Å². The number of nitrogen functional groups attached to an aromatic ring is 1. The summed E-state index contributed by atoms with van der Waals surface area (Å²) in [6.07, 6.45) is 3.90. The molecule has 5 nitrogen and oxygen atoms in total. The first-order chi connectivity index (χ1) is 7.74. The fraction of sp³-hybridized carbons (Fsp3) is 0.364. The second-order valence-corrected chi connectivity index (χ2v) is 4.08. The maximum atomic E-state index is 5.68. The van der Waals surface area contributed by atoms with Gasteiger partial charge in [0.15, 0.2) is 5.76 Å². The molecule has 0 radical (unpaired) electrons. The molecule has 2 N–H and O–H groups in total. The van der Waals surface area contributed by atoms with Gasteiger partial charge < -0.3 is 10.2 Å². The van der Waals surface area contributed by atoms with Crippen LogP contribution in [0.25, 0.3) is 11.6 Å². The quantitative estimate of drug-likeness (QED) is 0.829. The lowest BCUT2D eigenvalue weighted by atomic mass is 10.2. The maximum absolute atomic E-state index is 5.68. The molecular formula is C11H12N4O. The number of hydrogen-bond donors (Lipinski definition) is 1. The van der Waals surface area contributed by atoms with E-state index in [2.05, 4.69) is 15.0 Å². The highest BCUT2D eigenvalue weighted by molar-refractivity contribution is 5.53. The zero-order valence-corrected chi connectivity index (χ0v) is 8.97. The van der Waals surface area contributed by atoms with Crippen LogP contribution in [0.1, 0.15) is 30.1 Å². The van der Waals surface area contributed by atoms with Crippen LogP contribution in [0.4, 0.5) is 5.95 Å². The summed E-state index contributed by atoms with van der Waals surface area (Å²) in [5.41, 5.74) is 6.68. The third-order valence-corrected chi connectivity index (χ3v) is 2.68. The monoisotopic (exact) mass is 216 g/mol. The molecule has 1 aliphatic rings. The number of aryl methyl sites for hydroxylation is 1. The van der Waals surface area contributed by atoms with E-state index in [0.717, 1.165) is 24.2 Å². The van der Waals surface area contributed by atoms with Gasteiger partial charge in [0, 0.05) is 5.92 Å². The number of rotatable bonds is 2. The lowest BCUT2D eigenvalue weighted by Crippen LogP contribution is -2.04. The fourth-order valence-electron chi connectivity index (χ4n) is 1.64. The minimum atomic E-state index is 0.266. The van der Waals surface area contributed by atoms with Gasteiger partial charge in [0.1, 0.15) is 5.82 Å². The van der Waals surface area contributed by atoms with Crippen LogP contribution in [0.3, 0.4) is 0 Å². The molecule has 0 amide bonds. The van der Waals surface area contributed by atoms with Gasteiger partial charge >= 0.3 is 0 Å². The van der Waals surface area contributed by atoms with Gasteiger partial charge in [0.05, 0.1) is 6.26 Å². The zero-order chi connectivity index (χ0) is 11.1. The lowest BCUT2D eigenvalue weighted by molar-refractivity contribution is 0.574. The highest BCUT2D eigenvalue weighted by Gasteiger charge is 2.28. The van der Waals surface area contributed by atoms with E-state index in [1.165, 1.54) is 0 Å². The predicted octanol–water partition coefficient (Wildman–Crippen LogP) is 1.90. The molecule has 82 valence electrons. The number of furan rings is 1. The largest absolute Gasteiger partial charge is 0.461 e. The topological polar surface area (TPSA) is 77.8 Å². The Kier molecular flexibility index (Phi) is 1.92. The summed E-state index contributed by atoms with van der Waals surface area (Å²) in [6.45, 7) is 1.95. The van der Waals surface area contributed by atoms with Crippen LogP contribution in [0, 0.1) is 6.92 Å². The van der Waals surface area contributed by atoms with Crippen LogP contribution >= 0.6 is 0 Å². The predicted molar refractivity (Wildman–Crippen MR) is 58.7 cm³/mol. The van der Waals surface area contributed by atoms with Crippen molar-refractivity contribution in [3.8, 4) is 11.6 Å². The Morgan fingerprint density at radius 3 is 2.75 bits per heavy atom. The Balaban J connectivity index is 2.10. The Morgan fingerprint density at radius 2 is 2.12 bits per heavy atom. The molecule has 0 aromatic carbocycles. The summed E-state index contributed by atoms with van der Waals surface area (Å²) < 4.78 is 5.35. The molecule has 0 atom stereocenters. The Bertz CT molecular complexity index is 531. The molecule has 3 rings (SSSR count). The van der Waals surface area contributed by atoms with E-state index in [9.17, 15) is 0 Å². The van der Waals surface area contributed by atoms with Crippen molar-refractivity contribution in [3.05, 3.63) is 23.7 Å². The number of hydrogen-bond acceptors (Lipinski definition) is 5. The molecule has 2 heterocycles. The first kappa shape index (κ1) is 9.33. The van der Waals surface area contributed by atoms with Gasteiger partial charge in [-0.05, 0) is 31.4 Å². The summed E-state index contributed by atoms with van der Waals surface area (Å²) in [5, 5.41) is 0. The SMILES string of the molecule is Cc1ccoc1-c1nc(N)nc(C2CC2)n1. The van der Waals surface area contributed by atoms with Crippen LogP contribution in [0.15, 0.2) is 16.7 Å². The first-order valence-corrected chi connectivity index (χ1v) is 5.30. The number of aromatic nitrogens is 3. The molecule has 5 heteroatoms. The molecule has 16 heavy (non-hydrogen) atoms. The number of nitrogens with two attached hydrogens (primary N) is 1. The molecule has 0 aliphatic heterocycles. The molecule has 2 aromatic heterocycles. The maximum Gasteiger partial charge on any atom is 0.223 e. The molecule has 1 fully saturated rings. The van der Waals surface area contributed by atoms with Crippen LogP contribution in [0.5, 0.6) is 0 Å². The van der Waals surface area contributed by atoms with Crippen molar-refractivity contribution < 1.29 is 4.42 Å². The summed E-state index contributed by atoms with van der Waals surface area (Å²) in [4.78, 5) is 12.7. The molecule has 2 aromatic rings. The number of nitrogens with zero attached hydrogens (tertiary/aromatic N) is 3. The Morgan fingerprint density at radius 1 is 1.31 bits per heavy atom. The molecule has 0 bridgehead atoms. The molecule has 0 saturated heterocycles.